The van der Waals surface area contributed by atoms with Crippen molar-refractivity contribution in [2.24, 2.45) is 0 Å². The minimum Gasteiger partial charge on any atom is -0.333 e. The zero-order valence-corrected chi connectivity index (χ0v) is 13.3. The van der Waals surface area contributed by atoms with E-state index in [-0.39, 0.29) is 30.2 Å². The van der Waals surface area contributed by atoms with Gasteiger partial charge >= 0.3 is 6.03 Å². The summed E-state index contributed by atoms with van der Waals surface area (Å²) in [5.74, 6) is -0.444. The Labute approximate surface area is 139 Å². The van der Waals surface area contributed by atoms with E-state index in [4.69, 9.17) is 0 Å². The summed E-state index contributed by atoms with van der Waals surface area (Å²) in [6, 6.07) is 12.6. The fourth-order valence-electron chi connectivity index (χ4n) is 2.75. The monoisotopic (exact) mass is 327 g/mol. The topological polar surface area (TPSA) is 61.4 Å². The first-order valence-corrected chi connectivity index (χ1v) is 7.71. The summed E-state index contributed by atoms with van der Waals surface area (Å²) in [5, 5.41) is 5.56. The molecule has 1 heterocycles. The third-order valence-electron chi connectivity index (χ3n) is 3.87. The van der Waals surface area contributed by atoms with Crippen LogP contribution in [0.1, 0.15) is 12.0 Å². The van der Waals surface area contributed by atoms with Gasteiger partial charge in [0, 0.05) is 24.3 Å². The molecule has 3 amide bonds. The SMILES string of the molecule is Cc1cccc(NC(=O)NC2CC(=O)N(c3ccc(F)cc3)C2)c1. The highest BCUT2D eigenvalue weighted by Gasteiger charge is 2.31. The highest BCUT2D eigenvalue weighted by molar-refractivity contribution is 5.97. The number of halogens is 1. The standard InChI is InChI=1S/C18H18FN3O2/c1-12-3-2-4-14(9-12)20-18(24)21-15-10-17(23)22(11-15)16-7-5-13(19)6-8-16/h2-9,15H,10-11H2,1H3,(H2,20,21,24). The Morgan fingerprint density at radius 3 is 2.67 bits per heavy atom. The molecule has 0 radical (unpaired) electrons. The number of amides is 3. The van der Waals surface area contributed by atoms with Gasteiger partial charge in [-0.1, -0.05) is 12.1 Å². The van der Waals surface area contributed by atoms with Crippen LogP contribution in [0.25, 0.3) is 0 Å². The minimum absolute atomic E-state index is 0.0949. The van der Waals surface area contributed by atoms with Gasteiger partial charge in [0.25, 0.3) is 0 Å². The Hall–Kier alpha value is -2.89. The first-order chi connectivity index (χ1) is 11.5. The molecule has 24 heavy (non-hydrogen) atoms. The molecule has 0 aromatic heterocycles. The van der Waals surface area contributed by atoms with Gasteiger partial charge in [-0.05, 0) is 48.9 Å². The molecule has 2 aromatic rings. The van der Waals surface area contributed by atoms with E-state index in [2.05, 4.69) is 10.6 Å². The highest BCUT2D eigenvalue weighted by Crippen LogP contribution is 2.22. The molecule has 3 rings (SSSR count). The highest BCUT2D eigenvalue weighted by atomic mass is 19.1. The summed E-state index contributed by atoms with van der Waals surface area (Å²) >= 11 is 0. The van der Waals surface area contributed by atoms with Crippen LogP contribution in [-0.4, -0.2) is 24.5 Å². The van der Waals surface area contributed by atoms with Gasteiger partial charge in [0.15, 0.2) is 0 Å². The summed E-state index contributed by atoms with van der Waals surface area (Å²) in [7, 11) is 0. The van der Waals surface area contributed by atoms with E-state index in [1.807, 2.05) is 25.1 Å². The molecule has 0 aliphatic carbocycles. The van der Waals surface area contributed by atoms with Crippen molar-refractivity contribution in [3.8, 4) is 0 Å². The van der Waals surface area contributed by atoms with Crippen molar-refractivity contribution >= 4 is 23.3 Å². The Bertz CT molecular complexity index is 761. The van der Waals surface area contributed by atoms with Gasteiger partial charge in [0.1, 0.15) is 5.82 Å². The second kappa shape index (κ2) is 6.70. The van der Waals surface area contributed by atoms with Crippen molar-refractivity contribution in [1.29, 1.82) is 0 Å². The molecular formula is C18H18FN3O2. The number of hydrogen-bond donors (Lipinski definition) is 2. The van der Waals surface area contributed by atoms with E-state index < -0.39 is 0 Å². The van der Waals surface area contributed by atoms with Gasteiger partial charge in [-0.2, -0.15) is 0 Å². The largest absolute Gasteiger partial charge is 0.333 e. The van der Waals surface area contributed by atoms with Crippen molar-refractivity contribution in [1.82, 2.24) is 5.32 Å². The Morgan fingerprint density at radius 2 is 1.96 bits per heavy atom. The normalized spacial score (nSPS) is 17.0. The zero-order chi connectivity index (χ0) is 17.1. The van der Waals surface area contributed by atoms with E-state index in [1.54, 1.807) is 23.1 Å². The summed E-state index contributed by atoms with van der Waals surface area (Å²) in [4.78, 5) is 25.7. The van der Waals surface area contributed by atoms with Crippen molar-refractivity contribution in [3.05, 3.63) is 59.9 Å². The molecular weight excluding hydrogens is 309 g/mol. The van der Waals surface area contributed by atoms with Gasteiger partial charge in [0.05, 0.1) is 6.04 Å². The molecule has 1 fully saturated rings. The lowest BCUT2D eigenvalue weighted by Gasteiger charge is -2.17. The predicted octanol–water partition coefficient (Wildman–Crippen LogP) is 3.06. The quantitative estimate of drug-likeness (QED) is 0.910. The van der Waals surface area contributed by atoms with E-state index in [1.165, 1.54) is 12.1 Å². The van der Waals surface area contributed by atoms with Crippen LogP contribution < -0.4 is 15.5 Å². The third kappa shape index (κ3) is 3.71. The van der Waals surface area contributed by atoms with Crippen LogP contribution in [-0.2, 0) is 4.79 Å². The van der Waals surface area contributed by atoms with Crippen LogP contribution in [0.15, 0.2) is 48.5 Å². The molecule has 1 atom stereocenters. The predicted molar refractivity (Wildman–Crippen MR) is 90.5 cm³/mol. The molecule has 1 aliphatic heterocycles. The van der Waals surface area contributed by atoms with E-state index >= 15 is 0 Å². The average molecular weight is 327 g/mol. The number of rotatable bonds is 3. The molecule has 0 bridgehead atoms. The van der Waals surface area contributed by atoms with Crippen molar-refractivity contribution < 1.29 is 14.0 Å². The van der Waals surface area contributed by atoms with Crippen molar-refractivity contribution in [2.75, 3.05) is 16.8 Å². The lowest BCUT2D eigenvalue weighted by atomic mass is 10.2. The lowest BCUT2D eigenvalue weighted by molar-refractivity contribution is -0.117. The van der Waals surface area contributed by atoms with E-state index in [0.29, 0.717) is 17.9 Å². The number of carbonyl (C=O) groups excluding carboxylic acids is 2. The van der Waals surface area contributed by atoms with Gasteiger partial charge in [-0.25, -0.2) is 9.18 Å². The maximum Gasteiger partial charge on any atom is 0.319 e. The Kier molecular flexibility index (Phi) is 4.46. The van der Waals surface area contributed by atoms with Crippen LogP contribution in [0.4, 0.5) is 20.6 Å². The number of nitrogens with one attached hydrogen (secondary N) is 2. The van der Waals surface area contributed by atoms with Crippen LogP contribution in [0.2, 0.25) is 0 Å². The minimum atomic E-state index is -0.349. The van der Waals surface area contributed by atoms with Gasteiger partial charge in [-0.15, -0.1) is 0 Å². The third-order valence-corrected chi connectivity index (χ3v) is 3.87. The molecule has 1 saturated heterocycles. The number of urea groups is 1. The van der Waals surface area contributed by atoms with Gasteiger partial charge in [-0.3, -0.25) is 4.79 Å². The smallest absolute Gasteiger partial charge is 0.319 e. The number of benzene rings is 2. The maximum atomic E-state index is 13.0. The molecule has 5 nitrogen and oxygen atoms in total. The number of carbonyl (C=O) groups is 2. The molecule has 0 saturated carbocycles. The van der Waals surface area contributed by atoms with Crippen LogP contribution in [0, 0.1) is 12.7 Å². The first kappa shape index (κ1) is 16.0. The van der Waals surface area contributed by atoms with Crippen LogP contribution >= 0.6 is 0 Å². The maximum absolute atomic E-state index is 13.0. The average Bonchev–Trinajstić information content (AvgIpc) is 2.88. The Balaban J connectivity index is 1.59. The summed E-state index contributed by atoms with van der Waals surface area (Å²) in [6.45, 7) is 2.31. The number of anilines is 2. The summed E-state index contributed by atoms with van der Waals surface area (Å²) < 4.78 is 13.0. The molecule has 1 unspecified atom stereocenters. The molecule has 2 N–H and O–H groups in total. The number of aryl methyl sites for hydroxylation is 1. The first-order valence-electron chi connectivity index (χ1n) is 7.71. The lowest BCUT2D eigenvalue weighted by Crippen LogP contribution is -2.39. The summed E-state index contributed by atoms with van der Waals surface area (Å²) in [5.41, 5.74) is 2.38. The molecule has 6 heteroatoms. The molecule has 2 aromatic carbocycles. The number of hydrogen-bond acceptors (Lipinski definition) is 2. The zero-order valence-electron chi connectivity index (χ0n) is 13.3. The van der Waals surface area contributed by atoms with Crippen molar-refractivity contribution in [2.45, 2.75) is 19.4 Å². The molecule has 1 aliphatic rings. The second-order valence-corrected chi connectivity index (χ2v) is 5.85. The van der Waals surface area contributed by atoms with Gasteiger partial charge in [0.2, 0.25) is 5.91 Å². The van der Waals surface area contributed by atoms with Gasteiger partial charge < -0.3 is 15.5 Å². The Morgan fingerprint density at radius 1 is 1.21 bits per heavy atom. The second-order valence-electron chi connectivity index (χ2n) is 5.85. The number of nitrogens with zero attached hydrogens (tertiary/aromatic N) is 1. The molecule has 0 spiro atoms. The van der Waals surface area contributed by atoms with E-state index in [9.17, 15) is 14.0 Å². The van der Waals surface area contributed by atoms with Crippen molar-refractivity contribution in [3.63, 3.8) is 0 Å². The van der Waals surface area contributed by atoms with E-state index in [0.717, 1.165) is 5.56 Å². The fourth-order valence-corrected chi connectivity index (χ4v) is 2.75. The van der Waals surface area contributed by atoms with Crippen LogP contribution in [0.3, 0.4) is 0 Å². The molecule has 124 valence electrons. The van der Waals surface area contributed by atoms with Crippen LogP contribution in [0.5, 0.6) is 0 Å². The summed E-state index contributed by atoms with van der Waals surface area (Å²) in [6.07, 6.45) is 0.221. The fraction of sp³-hybridized carbons (Fsp3) is 0.222.